The topological polar surface area (TPSA) is 60.8 Å². The van der Waals surface area contributed by atoms with Crippen molar-refractivity contribution in [2.24, 2.45) is 0 Å². The van der Waals surface area contributed by atoms with Gasteiger partial charge in [-0.05, 0) is 19.4 Å². The Hall–Kier alpha value is -0.610. The summed E-state index contributed by atoms with van der Waals surface area (Å²) in [6.45, 7) is 1.33. The molecule has 4 heteroatoms. The number of aliphatic hydroxyl groups excluding tert-OH is 1. The second kappa shape index (κ2) is 3.69. The molecule has 0 aromatic rings. The van der Waals surface area contributed by atoms with E-state index >= 15 is 0 Å². The molecule has 1 atom stereocenters. The van der Waals surface area contributed by atoms with Gasteiger partial charge in [-0.2, -0.15) is 0 Å². The molecule has 0 aromatic carbocycles. The summed E-state index contributed by atoms with van der Waals surface area (Å²) in [7, 11) is 0. The van der Waals surface area contributed by atoms with Gasteiger partial charge in [0.1, 0.15) is 6.04 Å². The van der Waals surface area contributed by atoms with Gasteiger partial charge in [-0.25, -0.2) is 0 Å². The van der Waals surface area contributed by atoms with Crippen LogP contribution in [0.1, 0.15) is 12.8 Å². The van der Waals surface area contributed by atoms with Gasteiger partial charge in [0.15, 0.2) is 0 Å². The van der Waals surface area contributed by atoms with E-state index in [2.05, 4.69) is 0 Å². The van der Waals surface area contributed by atoms with Crippen LogP contribution in [0.4, 0.5) is 0 Å². The van der Waals surface area contributed by atoms with Gasteiger partial charge in [0, 0.05) is 6.54 Å². The Morgan fingerprint density at radius 1 is 1.64 bits per heavy atom. The summed E-state index contributed by atoms with van der Waals surface area (Å²) in [6.07, 6.45) is 1.65. The molecular weight excluding hydrogens is 146 g/mol. The van der Waals surface area contributed by atoms with Gasteiger partial charge in [-0.1, -0.05) is 0 Å². The lowest BCUT2D eigenvalue weighted by Gasteiger charge is -2.18. The van der Waals surface area contributed by atoms with Crippen LogP contribution in [-0.4, -0.2) is 46.8 Å². The maximum atomic E-state index is 10.6. The van der Waals surface area contributed by atoms with E-state index in [1.165, 1.54) is 0 Å². The van der Waals surface area contributed by atoms with Crippen LogP contribution in [0.5, 0.6) is 0 Å². The monoisotopic (exact) mass is 159 g/mol. The van der Waals surface area contributed by atoms with Crippen molar-refractivity contribution in [3.8, 4) is 0 Å². The lowest BCUT2D eigenvalue weighted by Crippen LogP contribution is -2.37. The minimum absolute atomic E-state index is 0.0454. The number of carboxylic acids is 1. The molecular formula is C7H13NO3. The van der Waals surface area contributed by atoms with Crippen molar-refractivity contribution in [3.63, 3.8) is 0 Å². The van der Waals surface area contributed by atoms with Crippen molar-refractivity contribution in [3.05, 3.63) is 0 Å². The van der Waals surface area contributed by atoms with Crippen molar-refractivity contribution in [1.82, 2.24) is 4.90 Å². The van der Waals surface area contributed by atoms with Gasteiger partial charge >= 0.3 is 5.97 Å². The standard InChI is InChI=1S/C7H13NO3/c9-5-4-8-3-1-2-6(8)7(10)11/h6,9H,1-5H2,(H,10,11)/t6-/m1/s1. The first kappa shape index (κ1) is 8.49. The third kappa shape index (κ3) is 1.91. The van der Waals surface area contributed by atoms with Crippen molar-refractivity contribution >= 4 is 5.97 Å². The first-order chi connectivity index (χ1) is 5.25. The zero-order chi connectivity index (χ0) is 8.27. The number of likely N-dealkylation sites (tertiary alicyclic amines) is 1. The van der Waals surface area contributed by atoms with Crippen LogP contribution in [-0.2, 0) is 4.79 Å². The Balaban J connectivity index is 2.44. The van der Waals surface area contributed by atoms with E-state index in [4.69, 9.17) is 10.2 Å². The zero-order valence-corrected chi connectivity index (χ0v) is 6.36. The van der Waals surface area contributed by atoms with Crippen LogP contribution >= 0.6 is 0 Å². The number of rotatable bonds is 3. The molecule has 0 aromatic heterocycles. The molecule has 0 unspecified atom stereocenters. The highest BCUT2D eigenvalue weighted by Crippen LogP contribution is 2.16. The summed E-state index contributed by atoms with van der Waals surface area (Å²) < 4.78 is 0. The van der Waals surface area contributed by atoms with Crippen LogP contribution in [0, 0.1) is 0 Å². The highest BCUT2D eigenvalue weighted by molar-refractivity contribution is 5.73. The molecule has 0 bridgehead atoms. The smallest absolute Gasteiger partial charge is 0.320 e. The predicted octanol–water partition coefficient (Wildman–Crippen LogP) is -0.472. The average molecular weight is 159 g/mol. The predicted molar refractivity (Wildman–Crippen MR) is 39.3 cm³/mol. The molecule has 4 nitrogen and oxygen atoms in total. The third-order valence-corrected chi connectivity index (χ3v) is 2.04. The Labute approximate surface area is 65.4 Å². The van der Waals surface area contributed by atoms with Gasteiger partial charge in [0.2, 0.25) is 0 Å². The van der Waals surface area contributed by atoms with E-state index in [0.717, 1.165) is 19.4 Å². The first-order valence-corrected chi connectivity index (χ1v) is 3.83. The second-order valence-electron chi connectivity index (χ2n) is 2.76. The number of nitrogens with zero attached hydrogens (tertiary/aromatic N) is 1. The Morgan fingerprint density at radius 2 is 2.36 bits per heavy atom. The molecule has 64 valence electrons. The number of carboxylic acid groups (broad SMARTS) is 1. The fourth-order valence-corrected chi connectivity index (χ4v) is 1.50. The molecule has 11 heavy (non-hydrogen) atoms. The van der Waals surface area contributed by atoms with E-state index in [1.807, 2.05) is 4.90 Å². The zero-order valence-electron chi connectivity index (χ0n) is 6.36. The summed E-state index contributed by atoms with van der Waals surface area (Å²) in [5.41, 5.74) is 0. The van der Waals surface area contributed by atoms with Crippen molar-refractivity contribution in [2.75, 3.05) is 19.7 Å². The first-order valence-electron chi connectivity index (χ1n) is 3.83. The van der Waals surface area contributed by atoms with E-state index in [0.29, 0.717) is 6.54 Å². The molecule has 0 amide bonds. The normalized spacial score (nSPS) is 25.7. The molecule has 1 aliphatic heterocycles. The highest BCUT2D eigenvalue weighted by Gasteiger charge is 2.29. The summed E-state index contributed by atoms with van der Waals surface area (Å²) in [5.74, 6) is -0.768. The van der Waals surface area contributed by atoms with Crippen LogP contribution in [0.3, 0.4) is 0 Å². The summed E-state index contributed by atoms with van der Waals surface area (Å²) in [5, 5.41) is 17.3. The maximum Gasteiger partial charge on any atom is 0.320 e. The molecule has 1 heterocycles. The number of aliphatic carboxylic acids is 1. The largest absolute Gasteiger partial charge is 0.480 e. The molecule has 0 aliphatic carbocycles. The Kier molecular flexibility index (Phi) is 2.84. The maximum absolute atomic E-state index is 10.6. The number of hydrogen-bond acceptors (Lipinski definition) is 3. The molecule has 1 saturated heterocycles. The fourth-order valence-electron chi connectivity index (χ4n) is 1.50. The molecule has 1 aliphatic rings. The van der Waals surface area contributed by atoms with Crippen LogP contribution in [0.15, 0.2) is 0 Å². The van der Waals surface area contributed by atoms with Gasteiger partial charge in [0.25, 0.3) is 0 Å². The minimum Gasteiger partial charge on any atom is -0.480 e. The van der Waals surface area contributed by atoms with E-state index in [-0.39, 0.29) is 12.6 Å². The lowest BCUT2D eigenvalue weighted by molar-refractivity contribution is -0.142. The van der Waals surface area contributed by atoms with E-state index in [1.54, 1.807) is 0 Å². The third-order valence-electron chi connectivity index (χ3n) is 2.04. The molecule has 0 radical (unpaired) electrons. The molecule has 1 fully saturated rings. The van der Waals surface area contributed by atoms with Crippen LogP contribution in [0.2, 0.25) is 0 Å². The van der Waals surface area contributed by atoms with Crippen molar-refractivity contribution < 1.29 is 15.0 Å². The Morgan fingerprint density at radius 3 is 2.91 bits per heavy atom. The number of β-amino-alcohol motifs (C(OH)–C–C–N with tert-alkyl or cyclic N) is 1. The van der Waals surface area contributed by atoms with E-state index < -0.39 is 5.97 Å². The number of aliphatic hydroxyl groups is 1. The van der Waals surface area contributed by atoms with Gasteiger partial charge < -0.3 is 10.2 Å². The quantitative estimate of drug-likeness (QED) is 0.584. The van der Waals surface area contributed by atoms with Gasteiger partial charge in [-0.15, -0.1) is 0 Å². The molecule has 1 rings (SSSR count). The van der Waals surface area contributed by atoms with Gasteiger partial charge in [-0.3, -0.25) is 9.69 Å². The Bertz CT molecular complexity index is 149. The van der Waals surface area contributed by atoms with Crippen molar-refractivity contribution in [1.29, 1.82) is 0 Å². The van der Waals surface area contributed by atoms with E-state index in [9.17, 15) is 4.79 Å². The summed E-state index contributed by atoms with van der Waals surface area (Å²) in [6, 6.07) is -0.359. The average Bonchev–Trinajstić information content (AvgIpc) is 2.36. The second-order valence-corrected chi connectivity index (χ2v) is 2.76. The van der Waals surface area contributed by atoms with Gasteiger partial charge in [0.05, 0.1) is 6.61 Å². The highest BCUT2D eigenvalue weighted by atomic mass is 16.4. The van der Waals surface area contributed by atoms with Crippen LogP contribution < -0.4 is 0 Å². The van der Waals surface area contributed by atoms with Crippen LogP contribution in [0.25, 0.3) is 0 Å². The summed E-state index contributed by atoms with van der Waals surface area (Å²) in [4.78, 5) is 12.4. The molecule has 2 N–H and O–H groups in total. The SMILES string of the molecule is O=C(O)[C@H]1CCCN1CCO. The number of hydrogen-bond donors (Lipinski definition) is 2. The molecule has 0 saturated carbocycles. The minimum atomic E-state index is -0.768. The lowest BCUT2D eigenvalue weighted by atomic mass is 10.2. The summed E-state index contributed by atoms with van der Waals surface area (Å²) >= 11 is 0. The number of carbonyl (C=O) groups is 1. The van der Waals surface area contributed by atoms with Crippen molar-refractivity contribution in [2.45, 2.75) is 18.9 Å². The molecule has 0 spiro atoms. The fraction of sp³-hybridized carbons (Fsp3) is 0.857.